The Morgan fingerprint density at radius 2 is 1.83 bits per heavy atom. The zero-order valence-electron chi connectivity index (χ0n) is 13.9. The minimum Gasteiger partial charge on any atom is -0.492 e. The largest absolute Gasteiger partial charge is 0.492 e. The minimum absolute atomic E-state index is 0.0358. The summed E-state index contributed by atoms with van der Waals surface area (Å²) in [6.45, 7) is 5.85. The molecule has 0 saturated carbocycles. The van der Waals surface area contributed by atoms with Gasteiger partial charge < -0.3 is 10.0 Å². The number of benzene rings is 1. The second kappa shape index (κ2) is 6.16. The number of hydrogen-bond donors (Lipinski definition) is 1. The number of thiazole rings is 1. The molecule has 6 nitrogen and oxygen atoms in total. The van der Waals surface area contributed by atoms with Crippen LogP contribution >= 0.6 is 11.3 Å². The summed E-state index contributed by atoms with van der Waals surface area (Å²) in [7, 11) is 2.15. The fraction of sp³-hybridized carbons (Fsp3) is 0.412. The Hall–Kier alpha value is -1.96. The molecule has 7 heteroatoms. The summed E-state index contributed by atoms with van der Waals surface area (Å²) < 4.78 is 1.56. The molecule has 24 heavy (non-hydrogen) atoms. The molecule has 1 aliphatic rings. The van der Waals surface area contributed by atoms with Crippen molar-refractivity contribution < 1.29 is 5.11 Å². The van der Waals surface area contributed by atoms with E-state index in [1.165, 1.54) is 16.9 Å². The Bertz CT molecular complexity index is 835. The molecule has 1 aromatic carbocycles. The van der Waals surface area contributed by atoms with Crippen LogP contribution in [0.2, 0.25) is 0 Å². The molecule has 0 bridgehead atoms. The molecule has 0 amide bonds. The molecular weight excluding hydrogens is 322 g/mol. The lowest BCUT2D eigenvalue weighted by Gasteiger charge is -2.37. The van der Waals surface area contributed by atoms with Crippen LogP contribution in [0, 0.1) is 6.92 Å². The number of likely N-dealkylation sites (N-methyl/N-ethyl adjacent to an activating group) is 1. The van der Waals surface area contributed by atoms with E-state index in [0.29, 0.717) is 5.82 Å². The Balaban J connectivity index is 1.79. The first-order valence-electron chi connectivity index (χ1n) is 8.16. The van der Waals surface area contributed by atoms with Crippen molar-refractivity contribution in [2.45, 2.75) is 13.0 Å². The van der Waals surface area contributed by atoms with Crippen LogP contribution in [0.5, 0.6) is 5.88 Å². The lowest BCUT2D eigenvalue weighted by molar-refractivity contribution is 0.127. The van der Waals surface area contributed by atoms with Gasteiger partial charge >= 0.3 is 0 Å². The van der Waals surface area contributed by atoms with Gasteiger partial charge in [-0.05, 0) is 19.5 Å². The normalized spacial score (nSPS) is 18.2. The van der Waals surface area contributed by atoms with Crippen LogP contribution < -0.4 is 0 Å². The number of piperazine rings is 1. The SMILES string of the molecule is Cc1nc2sc([C@@H](c3ccccc3)N3CCN(C)CC3)c(O)n2n1. The number of nitrogens with zero attached hydrogens (tertiary/aromatic N) is 5. The maximum atomic E-state index is 10.8. The molecule has 1 saturated heterocycles. The van der Waals surface area contributed by atoms with Crippen molar-refractivity contribution in [1.29, 1.82) is 0 Å². The number of aromatic hydroxyl groups is 1. The van der Waals surface area contributed by atoms with Crippen molar-refractivity contribution in [1.82, 2.24) is 24.4 Å². The van der Waals surface area contributed by atoms with Gasteiger partial charge in [0, 0.05) is 26.2 Å². The van der Waals surface area contributed by atoms with Gasteiger partial charge in [0.1, 0.15) is 5.82 Å². The van der Waals surface area contributed by atoms with E-state index in [1.54, 1.807) is 4.52 Å². The highest BCUT2D eigenvalue weighted by atomic mass is 32.1. The van der Waals surface area contributed by atoms with Gasteiger partial charge in [0.2, 0.25) is 10.8 Å². The molecule has 2 aromatic heterocycles. The molecule has 1 atom stereocenters. The van der Waals surface area contributed by atoms with Crippen LogP contribution in [0.25, 0.3) is 4.96 Å². The Kier molecular flexibility index (Phi) is 3.99. The number of rotatable bonds is 3. The van der Waals surface area contributed by atoms with Crippen molar-refractivity contribution in [2.24, 2.45) is 0 Å². The molecule has 1 fully saturated rings. The van der Waals surface area contributed by atoms with Gasteiger partial charge in [-0.25, -0.2) is 4.98 Å². The van der Waals surface area contributed by atoms with Crippen molar-refractivity contribution in [3.63, 3.8) is 0 Å². The maximum Gasteiger partial charge on any atom is 0.230 e. The van der Waals surface area contributed by atoms with E-state index in [2.05, 4.69) is 51.2 Å². The van der Waals surface area contributed by atoms with Crippen LogP contribution in [0.4, 0.5) is 0 Å². The minimum atomic E-state index is 0.0358. The highest BCUT2D eigenvalue weighted by molar-refractivity contribution is 7.17. The topological polar surface area (TPSA) is 56.9 Å². The van der Waals surface area contributed by atoms with E-state index in [4.69, 9.17) is 0 Å². The van der Waals surface area contributed by atoms with E-state index in [1.807, 2.05) is 13.0 Å². The Morgan fingerprint density at radius 1 is 1.12 bits per heavy atom. The first-order valence-corrected chi connectivity index (χ1v) is 8.97. The quantitative estimate of drug-likeness (QED) is 0.790. The smallest absolute Gasteiger partial charge is 0.230 e. The standard InChI is InChI=1S/C17H21N5OS/c1-12-18-17-22(19-12)16(23)15(24-17)14(13-6-4-3-5-7-13)21-10-8-20(2)9-11-21/h3-7,14,23H,8-11H2,1-2H3/t14-/m1/s1. The molecule has 4 rings (SSSR count). The average Bonchev–Trinajstić information content (AvgIpc) is 3.09. The number of aryl methyl sites for hydroxylation is 1. The summed E-state index contributed by atoms with van der Waals surface area (Å²) in [5, 5.41) is 15.1. The van der Waals surface area contributed by atoms with Crippen LogP contribution in [-0.2, 0) is 0 Å². The van der Waals surface area contributed by atoms with Crippen LogP contribution in [-0.4, -0.2) is 62.7 Å². The van der Waals surface area contributed by atoms with E-state index >= 15 is 0 Å². The molecule has 1 aliphatic heterocycles. The number of hydrogen-bond acceptors (Lipinski definition) is 6. The fourth-order valence-corrected chi connectivity index (χ4v) is 4.43. The first kappa shape index (κ1) is 15.6. The second-order valence-electron chi connectivity index (χ2n) is 6.30. The van der Waals surface area contributed by atoms with E-state index in [0.717, 1.165) is 36.0 Å². The van der Waals surface area contributed by atoms with Gasteiger partial charge in [0.05, 0.1) is 10.9 Å². The lowest BCUT2D eigenvalue weighted by Crippen LogP contribution is -2.46. The van der Waals surface area contributed by atoms with E-state index < -0.39 is 0 Å². The van der Waals surface area contributed by atoms with Crippen molar-refractivity contribution >= 4 is 16.3 Å². The third-order valence-electron chi connectivity index (χ3n) is 4.57. The van der Waals surface area contributed by atoms with Gasteiger partial charge in [-0.3, -0.25) is 4.90 Å². The van der Waals surface area contributed by atoms with Gasteiger partial charge in [0.25, 0.3) is 0 Å². The summed E-state index contributed by atoms with van der Waals surface area (Å²) in [6.07, 6.45) is 0. The van der Waals surface area contributed by atoms with E-state index in [9.17, 15) is 5.11 Å². The Morgan fingerprint density at radius 3 is 2.50 bits per heavy atom. The molecule has 0 radical (unpaired) electrons. The number of fused-ring (bicyclic) bond motifs is 1. The highest BCUT2D eigenvalue weighted by Crippen LogP contribution is 2.40. The summed E-state index contributed by atoms with van der Waals surface area (Å²) >= 11 is 1.53. The first-order chi connectivity index (χ1) is 11.6. The second-order valence-corrected chi connectivity index (χ2v) is 7.30. The van der Waals surface area contributed by atoms with Crippen molar-refractivity contribution in [3.8, 4) is 5.88 Å². The Labute approximate surface area is 145 Å². The predicted octanol–water partition coefficient (Wildman–Crippen LogP) is 2.14. The van der Waals surface area contributed by atoms with Gasteiger partial charge in [0.15, 0.2) is 0 Å². The number of aromatic nitrogens is 3. The van der Waals surface area contributed by atoms with E-state index in [-0.39, 0.29) is 11.9 Å². The molecule has 126 valence electrons. The fourth-order valence-electron chi connectivity index (χ4n) is 3.27. The van der Waals surface area contributed by atoms with Gasteiger partial charge in [-0.2, -0.15) is 4.52 Å². The summed E-state index contributed by atoms with van der Waals surface area (Å²) in [6, 6.07) is 10.4. The van der Waals surface area contributed by atoms with Crippen LogP contribution in [0.15, 0.2) is 30.3 Å². The maximum absolute atomic E-state index is 10.8. The average molecular weight is 343 g/mol. The summed E-state index contributed by atoms with van der Waals surface area (Å²) in [4.78, 5) is 10.8. The summed E-state index contributed by atoms with van der Waals surface area (Å²) in [5.41, 5.74) is 1.19. The molecule has 1 N–H and O–H groups in total. The van der Waals surface area contributed by atoms with Crippen molar-refractivity contribution in [2.75, 3.05) is 33.2 Å². The van der Waals surface area contributed by atoms with Crippen molar-refractivity contribution in [3.05, 3.63) is 46.6 Å². The van der Waals surface area contributed by atoms with Crippen LogP contribution in [0.1, 0.15) is 22.3 Å². The molecule has 3 aromatic rings. The van der Waals surface area contributed by atoms with Crippen LogP contribution in [0.3, 0.4) is 0 Å². The molecule has 3 heterocycles. The zero-order chi connectivity index (χ0) is 16.7. The zero-order valence-corrected chi connectivity index (χ0v) is 14.7. The highest BCUT2D eigenvalue weighted by Gasteiger charge is 2.30. The van der Waals surface area contributed by atoms with Gasteiger partial charge in [-0.15, -0.1) is 5.10 Å². The van der Waals surface area contributed by atoms with Gasteiger partial charge in [-0.1, -0.05) is 41.7 Å². The lowest BCUT2D eigenvalue weighted by atomic mass is 10.0. The molecule has 0 unspecified atom stereocenters. The third kappa shape index (κ3) is 2.68. The predicted molar refractivity (Wildman–Crippen MR) is 94.6 cm³/mol. The third-order valence-corrected chi connectivity index (χ3v) is 5.64. The monoisotopic (exact) mass is 343 g/mol. The summed E-state index contributed by atoms with van der Waals surface area (Å²) in [5.74, 6) is 0.891. The molecular formula is C17H21N5OS. The molecule has 0 aliphatic carbocycles. The molecule has 0 spiro atoms.